The molecule has 0 saturated carbocycles. The van der Waals surface area contributed by atoms with E-state index in [4.69, 9.17) is 10.5 Å². The summed E-state index contributed by atoms with van der Waals surface area (Å²) in [5.74, 6) is 0.893. The molecule has 0 amide bonds. The Morgan fingerprint density at radius 1 is 1.28 bits per heavy atom. The maximum atomic E-state index is 6.25. The number of hydrogen-bond donors (Lipinski definition) is 1. The fraction of sp³-hybridized carbons (Fsp3) is 0.786. The van der Waals surface area contributed by atoms with Gasteiger partial charge >= 0.3 is 0 Å². The van der Waals surface area contributed by atoms with Gasteiger partial charge in [0.05, 0.1) is 24.7 Å². The second-order valence-corrected chi connectivity index (χ2v) is 5.47. The molecule has 0 aromatic carbocycles. The molecule has 0 spiro atoms. The molecule has 2 unspecified atom stereocenters. The Bertz CT molecular complexity index is 347. The van der Waals surface area contributed by atoms with E-state index in [9.17, 15) is 0 Å². The number of nitrogens with zero attached hydrogens (tertiary/aromatic N) is 2. The molecule has 0 aliphatic heterocycles. The van der Waals surface area contributed by atoms with Gasteiger partial charge in [-0.25, -0.2) is 4.98 Å². The summed E-state index contributed by atoms with van der Waals surface area (Å²) in [4.78, 5) is 4.26. The van der Waals surface area contributed by atoms with Gasteiger partial charge in [-0.2, -0.15) is 0 Å². The van der Waals surface area contributed by atoms with Crippen molar-refractivity contribution >= 4 is 0 Å². The van der Waals surface area contributed by atoms with Crippen molar-refractivity contribution < 1.29 is 4.74 Å². The van der Waals surface area contributed by atoms with Crippen molar-refractivity contribution in [2.45, 2.75) is 46.7 Å². The number of ether oxygens (including phenoxy) is 1. The van der Waals surface area contributed by atoms with E-state index in [2.05, 4.69) is 37.2 Å². The highest BCUT2D eigenvalue weighted by molar-refractivity contribution is 5.07. The van der Waals surface area contributed by atoms with Crippen molar-refractivity contribution in [1.82, 2.24) is 9.55 Å². The van der Waals surface area contributed by atoms with Gasteiger partial charge in [-0.3, -0.25) is 0 Å². The monoisotopic (exact) mass is 253 g/mol. The molecule has 0 fully saturated rings. The van der Waals surface area contributed by atoms with Crippen molar-refractivity contribution in [3.05, 3.63) is 18.2 Å². The Balaban J connectivity index is 2.95. The predicted molar refractivity (Wildman–Crippen MR) is 74.4 cm³/mol. The van der Waals surface area contributed by atoms with E-state index in [1.165, 1.54) is 0 Å². The molecule has 18 heavy (non-hydrogen) atoms. The van der Waals surface area contributed by atoms with E-state index in [0.29, 0.717) is 24.5 Å². The molecule has 4 heteroatoms. The van der Waals surface area contributed by atoms with E-state index >= 15 is 0 Å². The third kappa shape index (κ3) is 3.56. The highest BCUT2D eigenvalue weighted by atomic mass is 16.5. The van der Waals surface area contributed by atoms with Crippen LogP contribution in [0.3, 0.4) is 0 Å². The van der Waals surface area contributed by atoms with Gasteiger partial charge in [0, 0.05) is 18.8 Å². The van der Waals surface area contributed by atoms with Gasteiger partial charge in [-0.1, -0.05) is 27.7 Å². The molecule has 1 heterocycles. The van der Waals surface area contributed by atoms with Crippen molar-refractivity contribution in [3.8, 4) is 0 Å². The minimum absolute atomic E-state index is 0.0235. The van der Waals surface area contributed by atoms with Crippen LogP contribution in [0.2, 0.25) is 0 Å². The summed E-state index contributed by atoms with van der Waals surface area (Å²) >= 11 is 0. The Morgan fingerprint density at radius 3 is 2.44 bits per heavy atom. The zero-order valence-corrected chi connectivity index (χ0v) is 12.3. The van der Waals surface area contributed by atoms with E-state index < -0.39 is 0 Å². The summed E-state index contributed by atoms with van der Waals surface area (Å²) in [7, 11) is 0. The average molecular weight is 253 g/mol. The van der Waals surface area contributed by atoms with Crippen LogP contribution in [0, 0.1) is 11.8 Å². The van der Waals surface area contributed by atoms with Crippen molar-refractivity contribution in [2.24, 2.45) is 17.6 Å². The molecule has 1 aromatic rings. The van der Waals surface area contributed by atoms with E-state index in [0.717, 1.165) is 12.3 Å². The summed E-state index contributed by atoms with van der Waals surface area (Å²) < 4.78 is 7.77. The van der Waals surface area contributed by atoms with Crippen LogP contribution in [0.25, 0.3) is 0 Å². The number of nitrogens with two attached hydrogens (primary N) is 1. The fourth-order valence-corrected chi connectivity index (χ4v) is 2.02. The van der Waals surface area contributed by atoms with Gasteiger partial charge in [-0.15, -0.1) is 0 Å². The quantitative estimate of drug-likeness (QED) is 0.813. The van der Waals surface area contributed by atoms with Crippen LogP contribution in [0.4, 0.5) is 0 Å². The molecule has 1 rings (SSSR count). The van der Waals surface area contributed by atoms with Crippen LogP contribution in [0.1, 0.15) is 52.4 Å². The van der Waals surface area contributed by atoms with Gasteiger partial charge in [0.2, 0.25) is 0 Å². The number of imidazole rings is 1. The zero-order chi connectivity index (χ0) is 13.7. The molecule has 104 valence electrons. The van der Waals surface area contributed by atoms with Crippen molar-refractivity contribution in [3.63, 3.8) is 0 Å². The molecular formula is C14H27N3O. The van der Waals surface area contributed by atoms with Gasteiger partial charge in [-0.05, 0) is 18.8 Å². The number of rotatable bonds is 7. The standard InChI is InChI=1S/C14H27N3O/c1-6-18-8-13(10(2)3)17-9-16-7-12(17)14(15)11(4)5/h7,9-11,13-14H,6,8,15H2,1-5H3. The third-order valence-electron chi connectivity index (χ3n) is 3.38. The van der Waals surface area contributed by atoms with Crippen LogP contribution in [-0.4, -0.2) is 22.8 Å². The highest BCUT2D eigenvalue weighted by Gasteiger charge is 2.22. The maximum absolute atomic E-state index is 6.25. The molecule has 0 saturated heterocycles. The number of hydrogen-bond acceptors (Lipinski definition) is 3. The molecule has 0 radical (unpaired) electrons. The second-order valence-electron chi connectivity index (χ2n) is 5.47. The van der Waals surface area contributed by atoms with Crippen LogP contribution < -0.4 is 5.73 Å². The Morgan fingerprint density at radius 2 is 1.94 bits per heavy atom. The minimum Gasteiger partial charge on any atom is -0.380 e. The van der Waals surface area contributed by atoms with Gasteiger partial charge in [0.15, 0.2) is 0 Å². The smallest absolute Gasteiger partial charge is 0.0952 e. The average Bonchev–Trinajstić information content (AvgIpc) is 2.77. The molecular weight excluding hydrogens is 226 g/mol. The topological polar surface area (TPSA) is 53.1 Å². The SMILES string of the molecule is CCOCC(C(C)C)n1cncc1C(N)C(C)C. The van der Waals surface area contributed by atoms with Crippen LogP contribution >= 0.6 is 0 Å². The molecule has 1 aromatic heterocycles. The first-order valence-corrected chi connectivity index (χ1v) is 6.84. The van der Waals surface area contributed by atoms with Crippen LogP contribution in [0.15, 0.2) is 12.5 Å². The fourth-order valence-electron chi connectivity index (χ4n) is 2.02. The normalized spacial score (nSPS) is 15.3. The first-order chi connectivity index (χ1) is 8.49. The van der Waals surface area contributed by atoms with Crippen LogP contribution in [-0.2, 0) is 4.74 Å². The lowest BCUT2D eigenvalue weighted by molar-refractivity contribution is 0.0946. The van der Waals surface area contributed by atoms with E-state index in [1.54, 1.807) is 0 Å². The molecule has 2 N–H and O–H groups in total. The summed E-state index contributed by atoms with van der Waals surface area (Å²) in [6.45, 7) is 12.1. The molecule has 4 nitrogen and oxygen atoms in total. The van der Waals surface area contributed by atoms with Gasteiger partial charge < -0.3 is 15.0 Å². The highest BCUT2D eigenvalue weighted by Crippen LogP contribution is 2.25. The zero-order valence-electron chi connectivity index (χ0n) is 12.3. The summed E-state index contributed by atoms with van der Waals surface area (Å²) in [5, 5.41) is 0. The third-order valence-corrected chi connectivity index (χ3v) is 3.38. The summed E-state index contributed by atoms with van der Waals surface area (Å²) in [6, 6.07) is 0.322. The van der Waals surface area contributed by atoms with Crippen molar-refractivity contribution in [1.29, 1.82) is 0 Å². The molecule has 0 aliphatic rings. The summed E-state index contributed by atoms with van der Waals surface area (Å²) in [6.07, 6.45) is 3.76. The lowest BCUT2D eigenvalue weighted by atomic mass is 10.00. The van der Waals surface area contributed by atoms with Gasteiger partial charge in [0.1, 0.15) is 0 Å². The molecule has 0 aliphatic carbocycles. The first kappa shape index (κ1) is 15.2. The lowest BCUT2D eigenvalue weighted by Gasteiger charge is -2.27. The lowest BCUT2D eigenvalue weighted by Crippen LogP contribution is -2.27. The maximum Gasteiger partial charge on any atom is 0.0952 e. The van der Waals surface area contributed by atoms with E-state index in [-0.39, 0.29) is 6.04 Å². The summed E-state index contributed by atoms with van der Waals surface area (Å²) in [5.41, 5.74) is 7.35. The molecule has 2 atom stereocenters. The Hall–Kier alpha value is -0.870. The minimum atomic E-state index is 0.0235. The number of aromatic nitrogens is 2. The second kappa shape index (κ2) is 6.90. The van der Waals surface area contributed by atoms with Gasteiger partial charge in [0.25, 0.3) is 0 Å². The Labute approximate surface area is 111 Å². The van der Waals surface area contributed by atoms with Crippen molar-refractivity contribution in [2.75, 3.05) is 13.2 Å². The largest absolute Gasteiger partial charge is 0.380 e. The Kier molecular flexibility index (Phi) is 5.82. The van der Waals surface area contributed by atoms with Crippen LogP contribution in [0.5, 0.6) is 0 Å². The first-order valence-electron chi connectivity index (χ1n) is 6.84. The van der Waals surface area contributed by atoms with E-state index in [1.807, 2.05) is 19.4 Å². The predicted octanol–water partition coefficient (Wildman–Crippen LogP) is 2.77. The molecule has 0 bridgehead atoms.